The van der Waals surface area contributed by atoms with E-state index in [0.29, 0.717) is 36.0 Å². The van der Waals surface area contributed by atoms with Crippen LogP contribution in [0.2, 0.25) is 0 Å². The minimum absolute atomic E-state index is 0.176. The molecule has 8 heteroatoms. The van der Waals surface area contributed by atoms with Crippen LogP contribution < -0.4 is 24.3 Å². The predicted octanol–water partition coefficient (Wildman–Crippen LogP) is 5.59. The number of hydrogen-bond donors (Lipinski definition) is 1. The highest BCUT2D eigenvalue weighted by Crippen LogP contribution is 2.38. The normalized spacial score (nSPS) is 10.9. The molecule has 206 valence electrons. The van der Waals surface area contributed by atoms with Gasteiger partial charge in [-0.3, -0.25) is 4.79 Å². The summed E-state index contributed by atoms with van der Waals surface area (Å²) in [5, 5.41) is 2.99. The first kappa shape index (κ1) is 27.8. The second-order valence-corrected chi connectivity index (χ2v) is 9.31. The average Bonchev–Trinajstić information content (AvgIpc) is 3.31. The molecule has 0 aliphatic rings. The van der Waals surface area contributed by atoms with Crippen molar-refractivity contribution >= 4 is 16.9 Å². The zero-order valence-electron chi connectivity index (χ0n) is 23.2. The van der Waals surface area contributed by atoms with Gasteiger partial charge in [0.05, 0.1) is 38.9 Å². The fraction of sp³-hybridized carbons (Fsp3) is 0.355. The third-order valence-electron chi connectivity index (χ3n) is 6.60. The van der Waals surface area contributed by atoms with Gasteiger partial charge >= 0.3 is 0 Å². The second-order valence-electron chi connectivity index (χ2n) is 9.31. The summed E-state index contributed by atoms with van der Waals surface area (Å²) in [4.78, 5) is 17.6. The lowest BCUT2D eigenvalue weighted by atomic mass is 10.1. The molecular weight excluding hydrogens is 494 g/mol. The summed E-state index contributed by atoms with van der Waals surface area (Å²) in [5.41, 5.74) is 3.77. The van der Waals surface area contributed by atoms with Gasteiger partial charge in [0.1, 0.15) is 18.2 Å². The van der Waals surface area contributed by atoms with Gasteiger partial charge in [0.25, 0.3) is 5.91 Å². The average molecular weight is 532 g/mol. The van der Waals surface area contributed by atoms with Crippen molar-refractivity contribution in [1.82, 2.24) is 14.9 Å². The Morgan fingerprint density at radius 3 is 2.38 bits per heavy atom. The Labute approximate surface area is 229 Å². The van der Waals surface area contributed by atoms with Crippen LogP contribution in [0, 0.1) is 6.92 Å². The fourth-order valence-electron chi connectivity index (χ4n) is 4.63. The van der Waals surface area contributed by atoms with E-state index in [0.717, 1.165) is 54.8 Å². The number of nitrogens with zero attached hydrogens (tertiary/aromatic N) is 2. The first-order valence-corrected chi connectivity index (χ1v) is 13.3. The number of carbonyl (C=O) groups excluding carboxylic acids is 1. The molecule has 0 atom stereocenters. The third-order valence-corrected chi connectivity index (χ3v) is 6.60. The van der Waals surface area contributed by atoms with Gasteiger partial charge in [-0.1, -0.05) is 30.7 Å². The standard InChI is InChI=1S/C31H37N3O5/c1-22-11-10-12-24(19-22)39-18-17-34-26-14-8-7-13-25(26)33-29(34)15-6-5-9-16-32-31(35)23-20-27(36-2)30(38-4)28(21-23)37-3/h7-8,10-14,19-21H,5-6,9,15-18H2,1-4H3,(H,32,35). The molecule has 0 unspecified atom stereocenters. The van der Waals surface area contributed by atoms with Crippen molar-refractivity contribution in [2.24, 2.45) is 0 Å². The van der Waals surface area contributed by atoms with Crippen molar-refractivity contribution in [3.05, 3.63) is 77.6 Å². The minimum atomic E-state index is -0.176. The summed E-state index contributed by atoms with van der Waals surface area (Å²) >= 11 is 0. The zero-order valence-corrected chi connectivity index (χ0v) is 23.2. The number of amides is 1. The van der Waals surface area contributed by atoms with Gasteiger partial charge in [0.2, 0.25) is 5.75 Å². The number of para-hydroxylation sites is 2. The molecule has 0 saturated carbocycles. The number of hydrogen-bond acceptors (Lipinski definition) is 6. The van der Waals surface area contributed by atoms with Crippen LogP contribution in [0.4, 0.5) is 0 Å². The van der Waals surface area contributed by atoms with E-state index in [1.165, 1.54) is 26.9 Å². The smallest absolute Gasteiger partial charge is 0.251 e. The highest BCUT2D eigenvalue weighted by Gasteiger charge is 2.17. The van der Waals surface area contributed by atoms with Crippen LogP contribution in [0.5, 0.6) is 23.0 Å². The lowest BCUT2D eigenvalue weighted by Gasteiger charge is -2.14. The monoisotopic (exact) mass is 531 g/mol. The summed E-state index contributed by atoms with van der Waals surface area (Å²) in [7, 11) is 4.60. The van der Waals surface area contributed by atoms with E-state index in [9.17, 15) is 4.79 Å². The molecule has 1 aromatic heterocycles. The molecule has 4 rings (SSSR count). The molecule has 1 N–H and O–H groups in total. The summed E-state index contributed by atoms with van der Waals surface area (Å²) in [6, 6.07) is 19.6. The number of benzene rings is 3. The topological polar surface area (TPSA) is 83.8 Å². The van der Waals surface area contributed by atoms with Crippen molar-refractivity contribution < 1.29 is 23.7 Å². The number of nitrogens with one attached hydrogen (secondary N) is 1. The van der Waals surface area contributed by atoms with E-state index < -0.39 is 0 Å². The van der Waals surface area contributed by atoms with Gasteiger partial charge in [-0.2, -0.15) is 0 Å². The Morgan fingerprint density at radius 2 is 1.67 bits per heavy atom. The van der Waals surface area contributed by atoms with Crippen molar-refractivity contribution in [3.8, 4) is 23.0 Å². The quantitative estimate of drug-likeness (QED) is 0.214. The van der Waals surface area contributed by atoms with E-state index in [4.69, 9.17) is 23.9 Å². The van der Waals surface area contributed by atoms with Crippen LogP contribution >= 0.6 is 0 Å². The summed E-state index contributed by atoms with van der Waals surface area (Å²) in [5.74, 6) is 3.14. The van der Waals surface area contributed by atoms with E-state index in [-0.39, 0.29) is 5.91 Å². The maximum absolute atomic E-state index is 12.7. The SMILES string of the molecule is COc1cc(C(=O)NCCCCCc2nc3ccccc3n2CCOc2cccc(C)c2)cc(OC)c1OC. The Hall–Kier alpha value is -4.20. The molecule has 3 aromatic carbocycles. The molecule has 0 aliphatic carbocycles. The maximum Gasteiger partial charge on any atom is 0.251 e. The fourth-order valence-corrected chi connectivity index (χ4v) is 4.63. The molecule has 4 aromatic rings. The molecule has 1 amide bonds. The molecular formula is C31H37N3O5. The molecule has 8 nitrogen and oxygen atoms in total. The molecule has 0 aliphatic heterocycles. The van der Waals surface area contributed by atoms with Gasteiger partial charge in [0.15, 0.2) is 11.5 Å². The number of ether oxygens (including phenoxy) is 4. The van der Waals surface area contributed by atoms with E-state index in [2.05, 4.69) is 35.0 Å². The van der Waals surface area contributed by atoms with Crippen LogP contribution in [0.25, 0.3) is 11.0 Å². The predicted molar refractivity (Wildman–Crippen MR) is 152 cm³/mol. The summed E-state index contributed by atoms with van der Waals surface area (Å²) < 4.78 is 24.3. The Kier molecular flexibility index (Phi) is 9.67. The molecule has 0 bridgehead atoms. The van der Waals surface area contributed by atoms with E-state index >= 15 is 0 Å². The van der Waals surface area contributed by atoms with Crippen LogP contribution in [0.3, 0.4) is 0 Å². The number of methoxy groups -OCH3 is 3. The van der Waals surface area contributed by atoms with Crippen molar-refractivity contribution in [3.63, 3.8) is 0 Å². The molecule has 0 saturated heterocycles. The summed E-state index contributed by atoms with van der Waals surface area (Å²) in [6.07, 6.45) is 3.67. The van der Waals surface area contributed by atoms with Crippen LogP contribution in [-0.4, -0.2) is 49.9 Å². The highest BCUT2D eigenvalue weighted by atomic mass is 16.5. The molecule has 1 heterocycles. The number of unbranched alkanes of at least 4 members (excludes halogenated alkanes) is 2. The Morgan fingerprint density at radius 1 is 0.897 bits per heavy atom. The largest absolute Gasteiger partial charge is 0.493 e. The molecule has 0 spiro atoms. The molecule has 39 heavy (non-hydrogen) atoms. The van der Waals surface area contributed by atoms with E-state index in [1.54, 1.807) is 12.1 Å². The van der Waals surface area contributed by atoms with Gasteiger partial charge < -0.3 is 28.8 Å². The van der Waals surface area contributed by atoms with Gasteiger partial charge in [-0.25, -0.2) is 4.98 Å². The zero-order chi connectivity index (χ0) is 27.6. The van der Waals surface area contributed by atoms with Crippen molar-refractivity contribution in [2.45, 2.75) is 39.2 Å². The van der Waals surface area contributed by atoms with Crippen molar-refractivity contribution in [2.75, 3.05) is 34.5 Å². The number of aryl methyl sites for hydroxylation is 2. The first-order valence-electron chi connectivity index (χ1n) is 13.3. The van der Waals surface area contributed by atoms with Crippen LogP contribution in [0.15, 0.2) is 60.7 Å². The molecule has 0 fully saturated rings. The van der Waals surface area contributed by atoms with Gasteiger partial charge in [0, 0.05) is 18.5 Å². The highest BCUT2D eigenvalue weighted by molar-refractivity contribution is 5.95. The number of aromatic nitrogens is 2. The Balaban J connectivity index is 1.28. The first-order chi connectivity index (χ1) is 19.0. The third kappa shape index (κ3) is 7.02. The number of imidazole rings is 1. The van der Waals surface area contributed by atoms with Crippen LogP contribution in [0.1, 0.15) is 41.0 Å². The van der Waals surface area contributed by atoms with Crippen LogP contribution in [-0.2, 0) is 13.0 Å². The number of fused-ring (bicyclic) bond motifs is 1. The lowest BCUT2D eigenvalue weighted by molar-refractivity contribution is 0.0952. The molecule has 0 radical (unpaired) electrons. The van der Waals surface area contributed by atoms with Crippen molar-refractivity contribution in [1.29, 1.82) is 0 Å². The van der Waals surface area contributed by atoms with Gasteiger partial charge in [-0.15, -0.1) is 0 Å². The Bertz CT molecular complexity index is 1370. The minimum Gasteiger partial charge on any atom is -0.493 e. The number of rotatable bonds is 14. The van der Waals surface area contributed by atoms with E-state index in [1.807, 2.05) is 30.3 Å². The lowest BCUT2D eigenvalue weighted by Crippen LogP contribution is -2.24. The second kappa shape index (κ2) is 13.6. The summed E-state index contributed by atoms with van der Waals surface area (Å²) in [6.45, 7) is 3.95. The number of carbonyl (C=O) groups is 1. The maximum atomic E-state index is 12.7. The van der Waals surface area contributed by atoms with Gasteiger partial charge in [-0.05, 0) is 61.7 Å².